The summed E-state index contributed by atoms with van der Waals surface area (Å²) in [4.78, 5) is 0. The van der Waals surface area contributed by atoms with Crippen LogP contribution in [0.25, 0.3) is 11.1 Å². The first-order valence-electron chi connectivity index (χ1n) is 4.78. The molecule has 1 heteroatoms. The van der Waals surface area contributed by atoms with Crippen molar-refractivity contribution in [3.05, 3.63) is 70.4 Å². The summed E-state index contributed by atoms with van der Waals surface area (Å²) in [5.74, 6) is 0. The van der Waals surface area contributed by atoms with Gasteiger partial charge in [0.05, 0.1) is 0 Å². The third-order valence-electron chi connectivity index (χ3n) is 2.40. The van der Waals surface area contributed by atoms with E-state index in [0.29, 0.717) is 0 Å². The number of rotatable bonds is 2. The third-order valence-corrected chi connectivity index (χ3v) is 2.76. The number of hydrogen-bond acceptors (Lipinski definition) is 0. The Morgan fingerprint density at radius 1 is 1.13 bits per heavy atom. The summed E-state index contributed by atoms with van der Waals surface area (Å²) < 4.78 is 2.04. The van der Waals surface area contributed by atoms with E-state index in [-0.39, 0.29) is 0 Å². The Morgan fingerprint density at radius 3 is 2.53 bits per heavy atom. The van der Waals surface area contributed by atoms with Crippen LogP contribution < -0.4 is 0 Å². The Bertz CT molecular complexity index is 476. The second-order valence-electron chi connectivity index (χ2n) is 3.30. The van der Waals surface area contributed by atoms with Crippen LogP contribution in [-0.4, -0.2) is 0 Å². The summed E-state index contributed by atoms with van der Waals surface area (Å²) in [6.07, 6.45) is 8.21. The Labute approximate surface area is 104 Å². The van der Waals surface area contributed by atoms with Crippen LogP contribution in [0.2, 0.25) is 0 Å². The molecule has 0 fully saturated rings. The highest BCUT2D eigenvalue weighted by Gasteiger charge is 2.14. The minimum Gasteiger partial charge on any atom is -0.0990 e. The second-order valence-corrected chi connectivity index (χ2v) is 4.01. The molecule has 0 heterocycles. The zero-order valence-corrected chi connectivity index (χ0v) is 10.4. The second kappa shape index (κ2) is 4.62. The molecule has 74 valence electrons. The maximum absolute atomic E-state index is 3.74. The zero-order valence-electron chi connectivity index (χ0n) is 8.28. The topological polar surface area (TPSA) is 0 Å². The van der Waals surface area contributed by atoms with E-state index in [1.807, 2.05) is 16.2 Å². The van der Waals surface area contributed by atoms with Gasteiger partial charge in [-0.05, 0) is 38.5 Å². The molecule has 0 aromatic heterocycles. The maximum Gasteiger partial charge on any atom is -0.0105 e. The first kappa shape index (κ1) is 10.4. The van der Waals surface area contributed by atoms with E-state index in [1.165, 1.54) is 22.3 Å². The molecule has 0 atom stereocenters. The summed E-state index contributed by atoms with van der Waals surface area (Å²) in [5, 5.41) is 0. The first-order chi connectivity index (χ1) is 7.36. The van der Waals surface area contributed by atoms with Gasteiger partial charge in [0, 0.05) is 0 Å². The van der Waals surface area contributed by atoms with E-state index in [9.17, 15) is 0 Å². The molecular formula is C14H11I. The van der Waals surface area contributed by atoms with Crippen molar-refractivity contribution in [1.82, 2.24) is 0 Å². The van der Waals surface area contributed by atoms with Gasteiger partial charge in [0.2, 0.25) is 0 Å². The lowest BCUT2D eigenvalue weighted by molar-refractivity contribution is 1.60. The van der Waals surface area contributed by atoms with Crippen molar-refractivity contribution < 1.29 is 0 Å². The van der Waals surface area contributed by atoms with E-state index in [2.05, 4.69) is 65.6 Å². The molecule has 2 rings (SSSR count). The van der Waals surface area contributed by atoms with E-state index < -0.39 is 0 Å². The lowest BCUT2D eigenvalue weighted by Gasteiger charge is -2.00. The van der Waals surface area contributed by atoms with E-state index in [0.717, 1.165) is 0 Å². The average molecular weight is 306 g/mol. The molecule has 0 spiro atoms. The van der Waals surface area contributed by atoms with Crippen LogP contribution in [0.5, 0.6) is 0 Å². The number of allylic oxidation sites excluding steroid dienone is 6. The van der Waals surface area contributed by atoms with E-state index in [1.54, 1.807) is 0 Å². The van der Waals surface area contributed by atoms with Crippen molar-refractivity contribution in [2.75, 3.05) is 0 Å². The highest BCUT2D eigenvalue weighted by molar-refractivity contribution is 14.1. The van der Waals surface area contributed by atoms with Gasteiger partial charge in [-0.1, -0.05) is 65.6 Å². The molecule has 1 aromatic carbocycles. The summed E-state index contributed by atoms with van der Waals surface area (Å²) in [6.45, 7) is 3.74. The van der Waals surface area contributed by atoms with Gasteiger partial charge in [0.1, 0.15) is 0 Å². The summed E-state index contributed by atoms with van der Waals surface area (Å²) >= 11 is 2.24. The van der Waals surface area contributed by atoms with Crippen LogP contribution in [0.3, 0.4) is 0 Å². The largest absolute Gasteiger partial charge is 0.0990 e. The van der Waals surface area contributed by atoms with Gasteiger partial charge in [-0.3, -0.25) is 0 Å². The van der Waals surface area contributed by atoms with Gasteiger partial charge in [-0.2, -0.15) is 0 Å². The van der Waals surface area contributed by atoms with Gasteiger partial charge >= 0.3 is 0 Å². The van der Waals surface area contributed by atoms with Gasteiger partial charge < -0.3 is 0 Å². The van der Waals surface area contributed by atoms with Crippen LogP contribution >= 0.6 is 22.6 Å². The number of hydrogen-bond donors (Lipinski definition) is 0. The smallest absolute Gasteiger partial charge is 0.0105 e. The van der Waals surface area contributed by atoms with Gasteiger partial charge in [-0.25, -0.2) is 0 Å². The van der Waals surface area contributed by atoms with Crippen molar-refractivity contribution in [2.24, 2.45) is 0 Å². The van der Waals surface area contributed by atoms with Crippen LogP contribution in [-0.2, 0) is 0 Å². The molecule has 1 aliphatic carbocycles. The molecule has 0 N–H and O–H groups in total. The molecule has 0 radical (unpaired) electrons. The summed E-state index contributed by atoms with van der Waals surface area (Å²) in [6, 6.07) is 8.45. The SMILES string of the molecule is C=C/C=C1C=C(/C=C/I)c2ccccc2/1. The highest BCUT2D eigenvalue weighted by Crippen LogP contribution is 2.35. The molecule has 0 aliphatic heterocycles. The minimum absolute atomic E-state index is 1.24. The molecule has 0 unspecified atom stereocenters. The zero-order chi connectivity index (χ0) is 10.7. The first-order valence-corrected chi connectivity index (χ1v) is 6.02. The standard InChI is InChI=1S/C14H11I/c1-2-5-11-10-12(8-9-15)14-7-4-3-6-13(11)14/h2-10H,1H2/b9-8+,11-5-. The van der Waals surface area contributed by atoms with Crippen molar-refractivity contribution in [3.63, 3.8) is 0 Å². The van der Waals surface area contributed by atoms with Crippen LogP contribution in [0.1, 0.15) is 11.1 Å². The van der Waals surface area contributed by atoms with Crippen LogP contribution in [0.15, 0.2) is 59.2 Å². The van der Waals surface area contributed by atoms with Gasteiger partial charge in [0.15, 0.2) is 0 Å². The molecular weight excluding hydrogens is 295 g/mol. The molecule has 1 aromatic rings. The minimum atomic E-state index is 1.24. The Morgan fingerprint density at radius 2 is 1.87 bits per heavy atom. The fraction of sp³-hybridized carbons (Fsp3) is 0. The Hall–Kier alpha value is -1.09. The third kappa shape index (κ3) is 1.97. The molecule has 15 heavy (non-hydrogen) atoms. The monoisotopic (exact) mass is 306 g/mol. The lowest BCUT2D eigenvalue weighted by atomic mass is 10.0. The van der Waals surface area contributed by atoms with Crippen LogP contribution in [0, 0.1) is 0 Å². The summed E-state index contributed by atoms with van der Waals surface area (Å²) in [5.41, 5.74) is 5.11. The molecule has 0 amide bonds. The van der Waals surface area contributed by atoms with E-state index >= 15 is 0 Å². The van der Waals surface area contributed by atoms with Gasteiger partial charge in [-0.15, -0.1) is 0 Å². The van der Waals surface area contributed by atoms with Crippen molar-refractivity contribution >= 4 is 33.7 Å². The summed E-state index contributed by atoms with van der Waals surface area (Å²) in [7, 11) is 0. The normalized spacial score (nSPS) is 16.9. The fourth-order valence-corrected chi connectivity index (χ4v) is 2.17. The van der Waals surface area contributed by atoms with Crippen molar-refractivity contribution in [3.8, 4) is 0 Å². The quantitative estimate of drug-likeness (QED) is 0.700. The predicted molar refractivity (Wildman–Crippen MR) is 75.8 cm³/mol. The highest BCUT2D eigenvalue weighted by atomic mass is 127. The number of benzene rings is 1. The maximum atomic E-state index is 3.74. The van der Waals surface area contributed by atoms with E-state index in [4.69, 9.17) is 0 Å². The van der Waals surface area contributed by atoms with Crippen LogP contribution in [0.4, 0.5) is 0 Å². The molecule has 0 saturated carbocycles. The predicted octanol–water partition coefficient (Wildman–Crippen LogP) is 4.60. The Balaban J connectivity index is 2.58. The van der Waals surface area contributed by atoms with Crippen molar-refractivity contribution in [1.29, 1.82) is 0 Å². The molecule has 0 nitrogen and oxygen atoms in total. The lowest BCUT2D eigenvalue weighted by Crippen LogP contribution is -1.80. The number of fused-ring (bicyclic) bond motifs is 1. The van der Waals surface area contributed by atoms with Gasteiger partial charge in [0.25, 0.3) is 0 Å². The molecule has 1 aliphatic rings. The average Bonchev–Trinajstić information content (AvgIpc) is 2.59. The number of halogens is 1. The molecule has 0 saturated heterocycles. The Kier molecular flexibility index (Phi) is 3.21. The molecule has 0 bridgehead atoms. The fourth-order valence-electron chi connectivity index (χ4n) is 1.78. The van der Waals surface area contributed by atoms with Crippen molar-refractivity contribution in [2.45, 2.75) is 0 Å².